The zero-order chi connectivity index (χ0) is 19.1. The molecule has 0 atom stereocenters. The van der Waals surface area contributed by atoms with E-state index in [9.17, 15) is 4.79 Å². The lowest BCUT2D eigenvalue weighted by Crippen LogP contribution is -2.28. The number of benzene rings is 1. The standard InChI is InChI=1S/C19H21N5O3/c1-3-27-17-11-15(6-7-16(17)26-2)23-19(25)22-12-14-5-4-8-21-18(14)24-10-9-20-13-24/h4-11,13H,3,12H2,1-2H3,(H2,22,23,25). The largest absolute Gasteiger partial charge is 0.493 e. The second-order valence-electron chi connectivity index (χ2n) is 5.56. The first kappa shape index (κ1) is 18.2. The zero-order valence-electron chi connectivity index (χ0n) is 15.2. The number of pyridine rings is 1. The van der Waals surface area contributed by atoms with E-state index in [1.807, 2.05) is 19.1 Å². The van der Waals surface area contributed by atoms with Crippen LogP contribution in [-0.2, 0) is 6.54 Å². The van der Waals surface area contributed by atoms with Crippen LogP contribution in [0.1, 0.15) is 12.5 Å². The second-order valence-corrected chi connectivity index (χ2v) is 5.56. The number of methoxy groups -OCH3 is 1. The molecule has 27 heavy (non-hydrogen) atoms. The van der Waals surface area contributed by atoms with Crippen LogP contribution in [0.2, 0.25) is 0 Å². The van der Waals surface area contributed by atoms with E-state index < -0.39 is 0 Å². The molecule has 0 saturated heterocycles. The van der Waals surface area contributed by atoms with Gasteiger partial charge < -0.3 is 20.1 Å². The minimum atomic E-state index is -0.331. The Balaban J connectivity index is 1.65. The molecule has 0 aliphatic carbocycles. The van der Waals surface area contributed by atoms with Crippen molar-refractivity contribution in [3.05, 3.63) is 60.8 Å². The Hall–Kier alpha value is -3.55. The molecule has 0 aliphatic rings. The van der Waals surface area contributed by atoms with Gasteiger partial charge in [0, 0.05) is 42.5 Å². The first-order chi connectivity index (χ1) is 13.2. The van der Waals surface area contributed by atoms with Gasteiger partial charge in [-0.2, -0.15) is 0 Å². The fourth-order valence-electron chi connectivity index (χ4n) is 2.56. The minimum absolute atomic E-state index is 0.321. The molecule has 0 aliphatic heterocycles. The molecule has 8 heteroatoms. The van der Waals surface area contributed by atoms with Crippen LogP contribution >= 0.6 is 0 Å². The van der Waals surface area contributed by atoms with Gasteiger partial charge in [-0.25, -0.2) is 14.8 Å². The molecule has 2 amide bonds. The summed E-state index contributed by atoms with van der Waals surface area (Å²) in [7, 11) is 1.57. The first-order valence-corrected chi connectivity index (χ1v) is 8.49. The molecule has 3 aromatic rings. The van der Waals surface area contributed by atoms with Crippen molar-refractivity contribution in [2.75, 3.05) is 19.0 Å². The number of urea groups is 1. The Labute approximate surface area is 157 Å². The minimum Gasteiger partial charge on any atom is -0.493 e. The Bertz CT molecular complexity index is 896. The summed E-state index contributed by atoms with van der Waals surface area (Å²) >= 11 is 0. The van der Waals surface area contributed by atoms with E-state index in [0.717, 1.165) is 11.4 Å². The number of carbonyl (C=O) groups is 1. The summed E-state index contributed by atoms with van der Waals surface area (Å²) in [6, 6.07) is 8.63. The monoisotopic (exact) mass is 367 g/mol. The number of anilines is 1. The fourth-order valence-corrected chi connectivity index (χ4v) is 2.56. The maximum Gasteiger partial charge on any atom is 0.319 e. The van der Waals surface area contributed by atoms with Crippen LogP contribution in [0.3, 0.4) is 0 Å². The van der Waals surface area contributed by atoms with Gasteiger partial charge in [-0.3, -0.25) is 4.57 Å². The highest BCUT2D eigenvalue weighted by Crippen LogP contribution is 2.30. The lowest BCUT2D eigenvalue weighted by atomic mass is 10.2. The molecule has 8 nitrogen and oxygen atoms in total. The molecule has 2 N–H and O–H groups in total. The van der Waals surface area contributed by atoms with Crippen molar-refractivity contribution >= 4 is 11.7 Å². The maximum atomic E-state index is 12.3. The van der Waals surface area contributed by atoms with Gasteiger partial charge >= 0.3 is 6.03 Å². The van der Waals surface area contributed by atoms with Crippen LogP contribution < -0.4 is 20.1 Å². The zero-order valence-corrected chi connectivity index (χ0v) is 15.2. The average Bonchev–Trinajstić information content (AvgIpc) is 3.22. The number of ether oxygens (including phenoxy) is 2. The molecule has 0 bridgehead atoms. The predicted molar refractivity (Wildman–Crippen MR) is 101 cm³/mol. The summed E-state index contributed by atoms with van der Waals surface area (Å²) < 4.78 is 12.6. The molecule has 2 heterocycles. The molecule has 0 unspecified atom stereocenters. The number of nitrogens with one attached hydrogen (secondary N) is 2. The van der Waals surface area contributed by atoms with Crippen molar-refractivity contribution in [3.8, 4) is 17.3 Å². The highest BCUT2D eigenvalue weighted by molar-refractivity contribution is 5.89. The van der Waals surface area contributed by atoms with Crippen LogP contribution in [-0.4, -0.2) is 34.3 Å². The van der Waals surface area contributed by atoms with E-state index in [1.54, 1.807) is 54.8 Å². The van der Waals surface area contributed by atoms with Gasteiger partial charge in [0.25, 0.3) is 0 Å². The second kappa shape index (κ2) is 8.70. The molecule has 0 fully saturated rings. The summed E-state index contributed by atoms with van der Waals surface area (Å²) in [5.41, 5.74) is 1.48. The molecule has 140 valence electrons. The van der Waals surface area contributed by atoms with Gasteiger partial charge in [-0.15, -0.1) is 0 Å². The van der Waals surface area contributed by atoms with Crippen molar-refractivity contribution in [2.45, 2.75) is 13.5 Å². The molecule has 3 rings (SSSR count). The van der Waals surface area contributed by atoms with Crippen LogP contribution in [0, 0.1) is 0 Å². The van der Waals surface area contributed by atoms with Crippen LogP contribution in [0.4, 0.5) is 10.5 Å². The smallest absolute Gasteiger partial charge is 0.319 e. The number of aromatic nitrogens is 3. The Morgan fingerprint density at radius 3 is 2.85 bits per heavy atom. The summed E-state index contributed by atoms with van der Waals surface area (Å²) in [5, 5.41) is 5.63. The van der Waals surface area contributed by atoms with Crippen molar-refractivity contribution in [3.63, 3.8) is 0 Å². The normalized spacial score (nSPS) is 10.3. The van der Waals surface area contributed by atoms with E-state index in [-0.39, 0.29) is 6.03 Å². The molecule has 1 aromatic carbocycles. The Morgan fingerprint density at radius 2 is 2.11 bits per heavy atom. The first-order valence-electron chi connectivity index (χ1n) is 8.49. The topological polar surface area (TPSA) is 90.3 Å². The van der Waals surface area contributed by atoms with Gasteiger partial charge in [-0.05, 0) is 25.1 Å². The van der Waals surface area contributed by atoms with Crippen molar-refractivity contribution in [2.24, 2.45) is 0 Å². The van der Waals surface area contributed by atoms with Crippen molar-refractivity contribution in [1.82, 2.24) is 19.9 Å². The third kappa shape index (κ3) is 4.55. The summed E-state index contributed by atoms with van der Waals surface area (Å²) in [5.74, 6) is 1.91. The number of hydrogen-bond acceptors (Lipinski definition) is 5. The lowest BCUT2D eigenvalue weighted by molar-refractivity contribution is 0.251. The highest BCUT2D eigenvalue weighted by Gasteiger charge is 2.10. The quantitative estimate of drug-likeness (QED) is 0.670. The third-order valence-electron chi connectivity index (χ3n) is 3.78. The highest BCUT2D eigenvalue weighted by atomic mass is 16.5. The van der Waals surface area contributed by atoms with Crippen LogP contribution in [0.5, 0.6) is 11.5 Å². The number of rotatable bonds is 7. The lowest BCUT2D eigenvalue weighted by Gasteiger charge is -2.13. The average molecular weight is 367 g/mol. The molecule has 0 saturated carbocycles. The van der Waals surface area contributed by atoms with Gasteiger partial charge in [-0.1, -0.05) is 6.07 Å². The fraction of sp³-hybridized carbons (Fsp3) is 0.211. The Kier molecular flexibility index (Phi) is 5.88. The summed E-state index contributed by atoms with van der Waals surface area (Å²) in [6.07, 6.45) is 6.85. The summed E-state index contributed by atoms with van der Waals surface area (Å²) in [6.45, 7) is 2.71. The molecular weight excluding hydrogens is 346 g/mol. The molecular formula is C19H21N5O3. The number of amides is 2. The molecule has 2 aromatic heterocycles. The van der Waals surface area contributed by atoms with Gasteiger partial charge in [0.1, 0.15) is 12.1 Å². The SMILES string of the molecule is CCOc1cc(NC(=O)NCc2cccnc2-n2ccnc2)ccc1OC. The number of hydrogen-bond donors (Lipinski definition) is 2. The number of nitrogens with zero attached hydrogens (tertiary/aromatic N) is 3. The van der Waals surface area contributed by atoms with Gasteiger partial charge in [0.2, 0.25) is 0 Å². The van der Waals surface area contributed by atoms with Gasteiger partial charge in [0.15, 0.2) is 11.5 Å². The van der Waals surface area contributed by atoms with Crippen molar-refractivity contribution < 1.29 is 14.3 Å². The molecule has 0 spiro atoms. The number of imidazole rings is 1. The van der Waals surface area contributed by atoms with Crippen LogP contribution in [0.25, 0.3) is 5.82 Å². The number of carbonyl (C=O) groups excluding carboxylic acids is 1. The van der Waals surface area contributed by atoms with E-state index in [4.69, 9.17) is 9.47 Å². The van der Waals surface area contributed by atoms with Crippen LogP contribution in [0.15, 0.2) is 55.2 Å². The van der Waals surface area contributed by atoms with E-state index in [0.29, 0.717) is 30.3 Å². The van der Waals surface area contributed by atoms with Crippen molar-refractivity contribution in [1.29, 1.82) is 0 Å². The third-order valence-corrected chi connectivity index (χ3v) is 3.78. The van der Waals surface area contributed by atoms with E-state index in [1.165, 1.54) is 0 Å². The van der Waals surface area contributed by atoms with E-state index in [2.05, 4.69) is 20.6 Å². The predicted octanol–water partition coefficient (Wildman–Crippen LogP) is 3.00. The summed E-state index contributed by atoms with van der Waals surface area (Å²) in [4.78, 5) is 20.7. The maximum absolute atomic E-state index is 12.3. The molecule has 0 radical (unpaired) electrons. The van der Waals surface area contributed by atoms with Gasteiger partial charge in [0.05, 0.1) is 13.7 Å². The Morgan fingerprint density at radius 1 is 1.22 bits per heavy atom. The van der Waals surface area contributed by atoms with E-state index >= 15 is 0 Å².